The molecular weight excluding hydrogens is 426 g/mol. The molecule has 0 spiro atoms. The molecule has 0 bridgehead atoms. The van der Waals surface area contributed by atoms with Crippen LogP contribution < -0.4 is 9.62 Å². The topological polar surface area (TPSA) is 86.8 Å². The van der Waals surface area contributed by atoms with Crippen molar-refractivity contribution in [3.63, 3.8) is 0 Å². The predicted octanol–water partition coefficient (Wildman–Crippen LogP) is 2.67. The Morgan fingerprint density at radius 1 is 1.03 bits per heavy atom. The van der Waals surface area contributed by atoms with E-state index in [1.165, 1.54) is 4.90 Å². The van der Waals surface area contributed by atoms with E-state index in [-0.39, 0.29) is 12.5 Å². The molecule has 0 aliphatic carbocycles. The van der Waals surface area contributed by atoms with Gasteiger partial charge in [-0.3, -0.25) is 13.9 Å². The summed E-state index contributed by atoms with van der Waals surface area (Å²) in [7, 11) is -3.72. The lowest BCUT2D eigenvalue weighted by atomic mass is 10.1. The van der Waals surface area contributed by atoms with Gasteiger partial charge in [0, 0.05) is 13.1 Å². The lowest BCUT2D eigenvalue weighted by Crippen LogP contribution is -2.52. The Bertz CT molecular complexity index is 1040. The van der Waals surface area contributed by atoms with Gasteiger partial charge in [-0.15, -0.1) is 0 Å². The lowest BCUT2D eigenvalue weighted by Gasteiger charge is -2.32. The number of aryl methyl sites for hydroxylation is 1. The van der Waals surface area contributed by atoms with Crippen molar-refractivity contribution in [2.24, 2.45) is 0 Å². The highest BCUT2D eigenvalue weighted by Crippen LogP contribution is 2.25. The molecule has 0 heterocycles. The van der Waals surface area contributed by atoms with E-state index in [0.717, 1.165) is 27.3 Å². The predicted molar refractivity (Wildman–Crippen MR) is 128 cm³/mol. The van der Waals surface area contributed by atoms with Gasteiger partial charge < -0.3 is 10.2 Å². The van der Waals surface area contributed by atoms with Gasteiger partial charge in [0.2, 0.25) is 21.8 Å². The van der Waals surface area contributed by atoms with Crippen molar-refractivity contribution in [2.75, 3.05) is 30.2 Å². The molecule has 0 aliphatic rings. The maximum atomic E-state index is 13.4. The Labute approximate surface area is 191 Å². The summed E-state index contributed by atoms with van der Waals surface area (Å²) in [6.45, 7) is 7.57. The van der Waals surface area contributed by atoms with Crippen LogP contribution in [0.1, 0.15) is 30.5 Å². The number of rotatable bonds is 10. The highest BCUT2D eigenvalue weighted by atomic mass is 32.2. The molecule has 0 radical (unpaired) electrons. The van der Waals surface area contributed by atoms with Gasteiger partial charge >= 0.3 is 0 Å². The van der Waals surface area contributed by atoms with E-state index in [9.17, 15) is 18.0 Å². The number of amides is 2. The minimum atomic E-state index is -3.72. The third-order valence-corrected chi connectivity index (χ3v) is 6.65. The monoisotopic (exact) mass is 459 g/mol. The largest absolute Gasteiger partial charge is 0.355 e. The minimum absolute atomic E-state index is 0.272. The summed E-state index contributed by atoms with van der Waals surface area (Å²) in [6, 6.07) is 14.3. The van der Waals surface area contributed by atoms with E-state index >= 15 is 0 Å². The maximum absolute atomic E-state index is 13.4. The van der Waals surface area contributed by atoms with Crippen LogP contribution in [0.5, 0.6) is 0 Å². The molecule has 7 nitrogen and oxygen atoms in total. The summed E-state index contributed by atoms with van der Waals surface area (Å²) in [4.78, 5) is 27.4. The number of anilines is 1. The van der Waals surface area contributed by atoms with Gasteiger partial charge in [0.25, 0.3) is 0 Å². The average molecular weight is 460 g/mol. The Hall–Kier alpha value is -2.87. The molecule has 174 valence electrons. The Morgan fingerprint density at radius 3 is 2.28 bits per heavy atom. The molecule has 0 fully saturated rings. The SMILES string of the molecule is CCNC(=O)C(C)N(CCc1ccccc1)C(=O)CN(c1cccc(C)c1C)S(C)(=O)=O. The highest BCUT2D eigenvalue weighted by molar-refractivity contribution is 7.92. The molecule has 0 aromatic heterocycles. The number of nitrogens with zero attached hydrogens (tertiary/aromatic N) is 2. The molecule has 8 heteroatoms. The van der Waals surface area contributed by atoms with Gasteiger partial charge in [0.15, 0.2) is 0 Å². The fraction of sp³-hybridized carbons (Fsp3) is 0.417. The quantitative estimate of drug-likeness (QED) is 0.592. The van der Waals surface area contributed by atoms with Crippen LogP contribution in [-0.2, 0) is 26.0 Å². The molecule has 2 amide bonds. The fourth-order valence-electron chi connectivity index (χ4n) is 3.49. The molecule has 1 N–H and O–H groups in total. The van der Waals surface area contributed by atoms with Crippen LogP contribution in [0.15, 0.2) is 48.5 Å². The van der Waals surface area contributed by atoms with E-state index in [1.54, 1.807) is 19.1 Å². The molecule has 0 aliphatic heterocycles. The van der Waals surface area contributed by atoms with Crippen LogP contribution in [0, 0.1) is 13.8 Å². The van der Waals surface area contributed by atoms with Gasteiger partial charge in [-0.05, 0) is 56.9 Å². The zero-order valence-electron chi connectivity index (χ0n) is 19.5. The number of hydrogen-bond acceptors (Lipinski definition) is 4. The van der Waals surface area contributed by atoms with Gasteiger partial charge in [0.1, 0.15) is 12.6 Å². The van der Waals surface area contributed by atoms with Gasteiger partial charge in [-0.1, -0.05) is 42.5 Å². The number of benzene rings is 2. The van der Waals surface area contributed by atoms with Crippen LogP contribution in [-0.4, -0.2) is 57.1 Å². The zero-order valence-corrected chi connectivity index (χ0v) is 20.3. The van der Waals surface area contributed by atoms with Crippen LogP contribution in [0.2, 0.25) is 0 Å². The number of sulfonamides is 1. The molecule has 2 aromatic carbocycles. The van der Waals surface area contributed by atoms with E-state index in [0.29, 0.717) is 25.2 Å². The molecule has 32 heavy (non-hydrogen) atoms. The van der Waals surface area contributed by atoms with Crippen molar-refractivity contribution in [1.29, 1.82) is 0 Å². The molecule has 2 aromatic rings. The van der Waals surface area contributed by atoms with Crippen molar-refractivity contribution >= 4 is 27.5 Å². The summed E-state index contributed by atoms with van der Waals surface area (Å²) >= 11 is 0. The first kappa shape index (κ1) is 25.4. The number of nitrogens with one attached hydrogen (secondary N) is 1. The van der Waals surface area contributed by atoms with E-state index in [4.69, 9.17) is 0 Å². The first-order chi connectivity index (χ1) is 15.1. The van der Waals surface area contributed by atoms with Crippen molar-refractivity contribution in [3.05, 3.63) is 65.2 Å². The molecule has 0 saturated heterocycles. The number of carbonyl (C=O) groups excluding carboxylic acids is 2. The summed E-state index contributed by atoms with van der Waals surface area (Å²) in [5.74, 6) is -0.697. The standard InChI is InChI=1S/C24H33N3O4S/c1-6-25-24(29)20(4)26(16-15-21-12-8-7-9-13-21)23(28)17-27(32(5,30)31)22-14-10-11-18(2)19(22)3/h7-14,20H,6,15-17H2,1-5H3,(H,25,29). The summed E-state index contributed by atoms with van der Waals surface area (Å²) in [5.41, 5.74) is 3.22. The molecule has 2 rings (SSSR count). The highest BCUT2D eigenvalue weighted by Gasteiger charge is 2.30. The normalized spacial score (nSPS) is 12.2. The maximum Gasteiger partial charge on any atom is 0.244 e. The smallest absolute Gasteiger partial charge is 0.244 e. The first-order valence-corrected chi connectivity index (χ1v) is 12.6. The third-order valence-electron chi connectivity index (χ3n) is 5.53. The fourth-order valence-corrected chi connectivity index (χ4v) is 4.39. The van der Waals surface area contributed by atoms with Crippen molar-refractivity contribution in [1.82, 2.24) is 10.2 Å². The molecule has 1 unspecified atom stereocenters. The number of likely N-dealkylation sites (N-methyl/N-ethyl adjacent to an activating group) is 1. The van der Waals surface area contributed by atoms with Crippen LogP contribution in [0.4, 0.5) is 5.69 Å². The zero-order chi connectivity index (χ0) is 23.9. The Balaban J connectivity index is 2.34. The van der Waals surface area contributed by atoms with Gasteiger partial charge in [0.05, 0.1) is 11.9 Å². The van der Waals surface area contributed by atoms with Gasteiger partial charge in [-0.2, -0.15) is 0 Å². The van der Waals surface area contributed by atoms with Crippen LogP contribution in [0.3, 0.4) is 0 Å². The van der Waals surface area contributed by atoms with E-state index in [1.807, 2.05) is 57.2 Å². The first-order valence-electron chi connectivity index (χ1n) is 10.7. The second kappa shape index (κ2) is 11.1. The number of hydrogen-bond donors (Lipinski definition) is 1. The van der Waals surface area contributed by atoms with Crippen molar-refractivity contribution in [3.8, 4) is 0 Å². The van der Waals surface area contributed by atoms with Crippen molar-refractivity contribution < 1.29 is 18.0 Å². The third kappa shape index (κ3) is 6.56. The average Bonchev–Trinajstić information content (AvgIpc) is 2.74. The van der Waals surface area contributed by atoms with Gasteiger partial charge in [-0.25, -0.2) is 8.42 Å². The number of carbonyl (C=O) groups is 2. The summed E-state index contributed by atoms with van der Waals surface area (Å²) in [5, 5.41) is 2.75. The van der Waals surface area contributed by atoms with E-state index in [2.05, 4.69) is 5.32 Å². The second-order valence-corrected chi connectivity index (χ2v) is 9.79. The summed E-state index contributed by atoms with van der Waals surface area (Å²) in [6.07, 6.45) is 1.64. The van der Waals surface area contributed by atoms with Crippen molar-refractivity contribution in [2.45, 2.75) is 40.2 Å². The molecule has 1 atom stereocenters. The lowest BCUT2D eigenvalue weighted by molar-refractivity contribution is -0.138. The van der Waals surface area contributed by atoms with Crippen LogP contribution in [0.25, 0.3) is 0 Å². The second-order valence-electron chi connectivity index (χ2n) is 7.88. The Kier molecular flexibility index (Phi) is 8.83. The molecule has 0 saturated carbocycles. The minimum Gasteiger partial charge on any atom is -0.355 e. The summed E-state index contributed by atoms with van der Waals surface area (Å²) < 4.78 is 26.4. The Morgan fingerprint density at radius 2 is 1.69 bits per heavy atom. The van der Waals surface area contributed by atoms with Crippen LogP contribution >= 0.6 is 0 Å². The van der Waals surface area contributed by atoms with E-state index < -0.39 is 22.0 Å². The molecular formula is C24H33N3O4S.